The molecule has 0 saturated heterocycles. The molecule has 1 aromatic carbocycles. The molecular formula is C11H17NO4. The Morgan fingerprint density at radius 1 is 1.31 bits per heavy atom. The van der Waals surface area contributed by atoms with E-state index in [0.717, 1.165) is 0 Å². The lowest BCUT2D eigenvalue weighted by Gasteiger charge is -2.15. The van der Waals surface area contributed by atoms with E-state index in [-0.39, 0.29) is 17.5 Å². The van der Waals surface area contributed by atoms with E-state index in [2.05, 4.69) is 5.48 Å². The van der Waals surface area contributed by atoms with Gasteiger partial charge >= 0.3 is 0 Å². The molecule has 5 nitrogen and oxygen atoms in total. The van der Waals surface area contributed by atoms with Crippen molar-refractivity contribution in [2.24, 2.45) is 0 Å². The van der Waals surface area contributed by atoms with Gasteiger partial charge in [0.05, 0.1) is 19.3 Å². The van der Waals surface area contributed by atoms with Crippen molar-refractivity contribution in [2.45, 2.75) is 13.0 Å². The summed E-state index contributed by atoms with van der Waals surface area (Å²) in [7, 11) is 1.59. The third kappa shape index (κ3) is 3.69. The largest absolute Gasteiger partial charge is 0.508 e. The number of aromatic hydroxyl groups is 2. The molecular weight excluding hydrogens is 210 g/mol. The smallest absolute Gasteiger partial charge is 0.120 e. The van der Waals surface area contributed by atoms with Crippen molar-refractivity contribution >= 4 is 0 Å². The second kappa shape index (κ2) is 6.32. The van der Waals surface area contributed by atoms with Gasteiger partial charge in [0.1, 0.15) is 11.5 Å². The Balaban J connectivity index is 2.51. The summed E-state index contributed by atoms with van der Waals surface area (Å²) in [6.45, 7) is 2.73. The third-order valence-corrected chi connectivity index (χ3v) is 2.13. The lowest BCUT2D eigenvalue weighted by atomic mass is 10.1. The molecule has 1 rings (SSSR count). The van der Waals surface area contributed by atoms with Gasteiger partial charge in [0, 0.05) is 12.7 Å². The van der Waals surface area contributed by atoms with Gasteiger partial charge in [-0.3, -0.25) is 4.84 Å². The van der Waals surface area contributed by atoms with Gasteiger partial charge in [-0.15, -0.1) is 0 Å². The van der Waals surface area contributed by atoms with Crippen LogP contribution in [0.3, 0.4) is 0 Å². The van der Waals surface area contributed by atoms with E-state index in [1.165, 1.54) is 18.2 Å². The van der Waals surface area contributed by atoms with Crippen LogP contribution >= 0.6 is 0 Å². The molecule has 0 bridgehead atoms. The Morgan fingerprint density at radius 2 is 2.06 bits per heavy atom. The molecule has 3 N–H and O–H groups in total. The number of hydrogen-bond donors (Lipinski definition) is 3. The van der Waals surface area contributed by atoms with E-state index in [0.29, 0.717) is 18.8 Å². The first-order valence-corrected chi connectivity index (χ1v) is 5.03. The van der Waals surface area contributed by atoms with E-state index in [1.54, 1.807) is 7.11 Å². The zero-order valence-corrected chi connectivity index (χ0v) is 9.43. The predicted octanol–water partition coefficient (Wildman–Crippen LogP) is 1.33. The molecule has 5 heteroatoms. The number of nitrogens with one attached hydrogen (secondary N) is 1. The van der Waals surface area contributed by atoms with Crippen molar-refractivity contribution in [2.75, 3.05) is 20.3 Å². The molecule has 0 aromatic heterocycles. The fraction of sp³-hybridized carbons (Fsp3) is 0.455. The Labute approximate surface area is 94.6 Å². The highest BCUT2D eigenvalue weighted by Gasteiger charge is 2.10. The van der Waals surface area contributed by atoms with Gasteiger partial charge in [-0.2, -0.15) is 5.48 Å². The first-order chi connectivity index (χ1) is 7.65. The summed E-state index contributed by atoms with van der Waals surface area (Å²) in [5.41, 5.74) is 3.33. The van der Waals surface area contributed by atoms with Crippen molar-refractivity contribution in [3.05, 3.63) is 23.8 Å². The molecule has 1 aromatic rings. The molecule has 0 amide bonds. The standard InChI is InChI=1S/C11H17NO4/c1-8(12-16-6-5-15-2)10-7-9(13)3-4-11(10)14/h3-4,7-8,12-14H,5-6H2,1-2H3. The van der Waals surface area contributed by atoms with Crippen LogP contribution in [0.2, 0.25) is 0 Å². The molecule has 1 unspecified atom stereocenters. The first kappa shape index (κ1) is 12.8. The quantitative estimate of drug-likeness (QED) is 0.388. The van der Waals surface area contributed by atoms with Crippen LogP contribution in [0, 0.1) is 0 Å². The maximum Gasteiger partial charge on any atom is 0.120 e. The topological polar surface area (TPSA) is 71.0 Å². The summed E-state index contributed by atoms with van der Waals surface area (Å²) >= 11 is 0. The Bertz CT molecular complexity index is 330. The minimum atomic E-state index is -0.219. The molecule has 0 aliphatic carbocycles. The number of phenolic OH excluding ortho intramolecular Hbond substituents is 2. The summed E-state index contributed by atoms with van der Waals surface area (Å²) in [4.78, 5) is 5.12. The van der Waals surface area contributed by atoms with Gasteiger partial charge in [-0.1, -0.05) is 0 Å². The zero-order valence-electron chi connectivity index (χ0n) is 9.43. The average molecular weight is 227 g/mol. The van der Waals surface area contributed by atoms with Crippen LogP contribution in [-0.2, 0) is 9.57 Å². The van der Waals surface area contributed by atoms with Crippen LogP contribution in [0.1, 0.15) is 18.5 Å². The monoisotopic (exact) mass is 227 g/mol. The average Bonchev–Trinajstić information content (AvgIpc) is 2.27. The molecule has 0 saturated carbocycles. The van der Waals surface area contributed by atoms with Crippen LogP contribution < -0.4 is 5.48 Å². The molecule has 0 aliphatic heterocycles. The first-order valence-electron chi connectivity index (χ1n) is 5.03. The number of hydroxylamine groups is 1. The Kier molecular flexibility index (Phi) is 5.04. The van der Waals surface area contributed by atoms with E-state index in [1.807, 2.05) is 6.92 Å². The normalized spacial score (nSPS) is 12.6. The van der Waals surface area contributed by atoms with Crippen LogP contribution in [-0.4, -0.2) is 30.5 Å². The maximum atomic E-state index is 9.58. The van der Waals surface area contributed by atoms with Gasteiger partial charge in [-0.25, -0.2) is 0 Å². The third-order valence-electron chi connectivity index (χ3n) is 2.13. The van der Waals surface area contributed by atoms with Crippen molar-refractivity contribution in [1.82, 2.24) is 5.48 Å². The van der Waals surface area contributed by atoms with Gasteiger partial charge in [0.25, 0.3) is 0 Å². The summed E-state index contributed by atoms with van der Waals surface area (Å²) in [6, 6.07) is 4.14. The van der Waals surface area contributed by atoms with E-state index >= 15 is 0 Å². The predicted molar refractivity (Wildman–Crippen MR) is 59.2 cm³/mol. The van der Waals surface area contributed by atoms with Crippen LogP contribution in [0.25, 0.3) is 0 Å². The second-order valence-electron chi connectivity index (χ2n) is 3.42. The van der Waals surface area contributed by atoms with Gasteiger partial charge in [0.2, 0.25) is 0 Å². The molecule has 16 heavy (non-hydrogen) atoms. The number of ether oxygens (including phenoxy) is 1. The fourth-order valence-electron chi connectivity index (χ4n) is 1.26. The van der Waals surface area contributed by atoms with Crippen molar-refractivity contribution in [3.63, 3.8) is 0 Å². The number of phenols is 2. The van der Waals surface area contributed by atoms with Gasteiger partial charge in [0.15, 0.2) is 0 Å². The minimum absolute atomic E-state index is 0.110. The summed E-state index contributed by atoms with van der Waals surface area (Å²) < 4.78 is 4.82. The highest BCUT2D eigenvalue weighted by molar-refractivity contribution is 5.40. The number of methoxy groups -OCH3 is 1. The molecule has 0 radical (unpaired) electrons. The zero-order chi connectivity index (χ0) is 12.0. The van der Waals surface area contributed by atoms with Crippen LogP contribution in [0.5, 0.6) is 11.5 Å². The van der Waals surface area contributed by atoms with E-state index in [4.69, 9.17) is 9.57 Å². The highest BCUT2D eigenvalue weighted by atomic mass is 16.7. The van der Waals surface area contributed by atoms with Crippen LogP contribution in [0.4, 0.5) is 0 Å². The highest BCUT2D eigenvalue weighted by Crippen LogP contribution is 2.27. The lowest BCUT2D eigenvalue weighted by Crippen LogP contribution is -2.21. The molecule has 0 fully saturated rings. The van der Waals surface area contributed by atoms with Crippen molar-refractivity contribution < 1.29 is 19.8 Å². The summed E-state index contributed by atoms with van der Waals surface area (Å²) in [5, 5.41) is 18.9. The second-order valence-corrected chi connectivity index (χ2v) is 3.42. The van der Waals surface area contributed by atoms with Gasteiger partial charge < -0.3 is 14.9 Å². The number of benzene rings is 1. The lowest BCUT2D eigenvalue weighted by molar-refractivity contribution is -0.00959. The van der Waals surface area contributed by atoms with E-state index in [9.17, 15) is 10.2 Å². The fourth-order valence-corrected chi connectivity index (χ4v) is 1.26. The number of hydrogen-bond acceptors (Lipinski definition) is 5. The van der Waals surface area contributed by atoms with Crippen molar-refractivity contribution in [1.29, 1.82) is 0 Å². The summed E-state index contributed by atoms with van der Waals surface area (Å²) in [6.07, 6.45) is 0. The SMILES string of the molecule is COCCONC(C)c1cc(O)ccc1O. The molecule has 0 aliphatic rings. The molecule has 0 heterocycles. The Hall–Kier alpha value is -1.30. The van der Waals surface area contributed by atoms with Gasteiger partial charge in [-0.05, 0) is 25.1 Å². The minimum Gasteiger partial charge on any atom is -0.508 e. The Morgan fingerprint density at radius 3 is 2.75 bits per heavy atom. The van der Waals surface area contributed by atoms with E-state index < -0.39 is 0 Å². The molecule has 1 atom stereocenters. The molecule has 0 spiro atoms. The number of rotatable bonds is 6. The summed E-state index contributed by atoms with van der Waals surface area (Å²) in [5.74, 6) is 0.228. The van der Waals surface area contributed by atoms with Crippen molar-refractivity contribution in [3.8, 4) is 11.5 Å². The van der Waals surface area contributed by atoms with Crippen LogP contribution in [0.15, 0.2) is 18.2 Å². The molecule has 90 valence electrons. The maximum absolute atomic E-state index is 9.58.